The number of nitrogens with zero attached hydrogens (tertiary/aromatic N) is 3. The number of aryl methyl sites for hydroxylation is 2. The van der Waals surface area contributed by atoms with Gasteiger partial charge in [0.25, 0.3) is 0 Å². The molecule has 0 unspecified atom stereocenters. The lowest BCUT2D eigenvalue weighted by Gasteiger charge is -2.35. The molecule has 1 saturated heterocycles. The summed E-state index contributed by atoms with van der Waals surface area (Å²) >= 11 is 1.58. The van der Waals surface area contributed by atoms with Crippen LogP contribution in [0.3, 0.4) is 0 Å². The minimum Gasteiger partial charge on any atom is -0.369 e. The van der Waals surface area contributed by atoms with Crippen LogP contribution < -0.4 is 10.3 Å². The van der Waals surface area contributed by atoms with E-state index in [1.807, 2.05) is 13.8 Å². The quantitative estimate of drug-likeness (QED) is 0.615. The van der Waals surface area contributed by atoms with E-state index in [-0.39, 0.29) is 5.43 Å². The smallest absolute Gasteiger partial charge is 0.211 e. The van der Waals surface area contributed by atoms with Gasteiger partial charge in [0.1, 0.15) is 0 Å². The minimum atomic E-state index is -3.14. The van der Waals surface area contributed by atoms with Gasteiger partial charge >= 0.3 is 0 Å². The number of piperazine rings is 1. The van der Waals surface area contributed by atoms with Crippen LogP contribution in [0, 0.1) is 13.8 Å². The Kier molecular flexibility index (Phi) is 4.44. The van der Waals surface area contributed by atoms with Crippen molar-refractivity contribution in [3.63, 3.8) is 0 Å². The highest BCUT2D eigenvalue weighted by molar-refractivity contribution is 7.88. The second kappa shape index (κ2) is 6.54. The van der Waals surface area contributed by atoms with E-state index in [2.05, 4.69) is 17.0 Å². The molecule has 8 heteroatoms. The van der Waals surface area contributed by atoms with Crippen LogP contribution in [0.4, 0.5) is 5.69 Å². The summed E-state index contributed by atoms with van der Waals surface area (Å²) in [5.41, 5.74) is 4.88. The zero-order valence-corrected chi connectivity index (χ0v) is 17.2. The van der Waals surface area contributed by atoms with Crippen molar-refractivity contribution in [1.82, 2.24) is 9.29 Å². The SMILES string of the molecule is Cc1cc(=O)cc2sc3cc(N4CCN(S(C)(=O)=O)CC4)cc(C)c3nc1-2. The summed E-state index contributed by atoms with van der Waals surface area (Å²) < 4.78 is 26.0. The fraction of sp³-hybridized carbons (Fsp3) is 0.368. The predicted molar refractivity (Wildman–Crippen MR) is 111 cm³/mol. The van der Waals surface area contributed by atoms with Crippen molar-refractivity contribution in [2.45, 2.75) is 13.8 Å². The molecule has 142 valence electrons. The molecule has 0 atom stereocenters. The molecule has 4 rings (SSSR count). The van der Waals surface area contributed by atoms with E-state index in [9.17, 15) is 13.2 Å². The first-order valence-corrected chi connectivity index (χ1v) is 11.4. The number of aromatic nitrogens is 1. The Hall–Kier alpha value is -2.03. The van der Waals surface area contributed by atoms with Crippen LogP contribution in [0.2, 0.25) is 0 Å². The zero-order valence-electron chi connectivity index (χ0n) is 15.5. The van der Waals surface area contributed by atoms with Crippen molar-refractivity contribution in [3.05, 3.63) is 45.6 Å². The summed E-state index contributed by atoms with van der Waals surface area (Å²) in [6, 6.07) is 7.48. The molecule has 0 aromatic heterocycles. The topological polar surface area (TPSA) is 70.6 Å². The molecule has 2 aliphatic heterocycles. The molecule has 0 amide bonds. The molecule has 0 N–H and O–H groups in total. The first-order chi connectivity index (χ1) is 12.7. The summed E-state index contributed by atoms with van der Waals surface area (Å²) in [5, 5.41) is 0. The maximum Gasteiger partial charge on any atom is 0.211 e. The molecule has 2 heterocycles. The zero-order chi connectivity index (χ0) is 19.3. The molecule has 1 aromatic rings. The largest absolute Gasteiger partial charge is 0.369 e. The predicted octanol–water partition coefficient (Wildman–Crippen LogP) is 2.46. The van der Waals surface area contributed by atoms with Crippen molar-refractivity contribution in [1.29, 1.82) is 0 Å². The van der Waals surface area contributed by atoms with Crippen molar-refractivity contribution in [3.8, 4) is 10.6 Å². The maximum absolute atomic E-state index is 11.9. The third-order valence-corrected chi connectivity index (χ3v) is 7.37. The van der Waals surface area contributed by atoms with Crippen LogP contribution in [0.15, 0.2) is 29.1 Å². The van der Waals surface area contributed by atoms with Gasteiger partial charge in [0.15, 0.2) is 5.43 Å². The maximum atomic E-state index is 11.9. The van der Waals surface area contributed by atoms with Crippen molar-refractivity contribution in [2.24, 2.45) is 0 Å². The van der Waals surface area contributed by atoms with Crippen molar-refractivity contribution < 1.29 is 8.42 Å². The van der Waals surface area contributed by atoms with E-state index >= 15 is 0 Å². The Morgan fingerprint density at radius 1 is 1.00 bits per heavy atom. The Balaban J connectivity index is 1.75. The minimum absolute atomic E-state index is 0.00201. The number of hydrogen-bond acceptors (Lipinski definition) is 6. The average molecular weight is 404 g/mol. The fourth-order valence-corrected chi connectivity index (χ4v) is 5.60. The van der Waals surface area contributed by atoms with Crippen LogP contribution in [0.5, 0.6) is 0 Å². The van der Waals surface area contributed by atoms with Crippen molar-refractivity contribution >= 4 is 37.3 Å². The van der Waals surface area contributed by atoms with Gasteiger partial charge in [-0.25, -0.2) is 13.4 Å². The van der Waals surface area contributed by atoms with E-state index in [0.29, 0.717) is 26.2 Å². The summed E-state index contributed by atoms with van der Waals surface area (Å²) in [7, 11) is -3.14. The standard InChI is InChI=1S/C19H21N3O3S2/c1-12-8-14(21-4-6-22(7-5-21)27(3,24)25)10-16-18(12)20-19-13(2)9-15(23)11-17(19)26-16/h8-11H,4-7H2,1-3H3. The third-order valence-electron chi connectivity index (χ3n) is 5.01. The monoisotopic (exact) mass is 403 g/mol. The van der Waals surface area contributed by atoms with E-state index < -0.39 is 10.0 Å². The second-order valence-corrected chi connectivity index (χ2v) is 10.1. The lowest BCUT2D eigenvalue weighted by atomic mass is 10.1. The van der Waals surface area contributed by atoms with Gasteiger partial charge in [-0.05, 0) is 43.2 Å². The molecular weight excluding hydrogens is 382 g/mol. The van der Waals surface area contributed by atoms with Crippen molar-refractivity contribution in [2.75, 3.05) is 37.3 Å². The number of rotatable bonds is 2. The van der Waals surface area contributed by atoms with Gasteiger partial charge in [-0.15, -0.1) is 11.3 Å². The number of anilines is 1. The highest BCUT2D eigenvalue weighted by Crippen LogP contribution is 2.35. The third kappa shape index (κ3) is 3.44. The highest BCUT2D eigenvalue weighted by atomic mass is 32.2. The normalized spacial score (nSPS) is 16.3. The molecule has 6 nitrogen and oxygen atoms in total. The lowest BCUT2D eigenvalue weighted by Crippen LogP contribution is -2.48. The molecule has 1 aromatic carbocycles. The Morgan fingerprint density at radius 3 is 2.37 bits per heavy atom. The average Bonchev–Trinajstić information content (AvgIpc) is 2.59. The van der Waals surface area contributed by atoms with Crippen LogP contribution >= 0.6 is 11.3 Å². The molecule has 1 fully saturated rings. The van der Waals surface area contributed by atoms with Gasteiger partial charge in [0, 0.05) is 37.9 Å². The molecule has 0 radical (unpaired) electrons. The van der Waals surface area contributed by atoms with Gasteiger partial charge < -0.3 is 4.90 Å². The molecule has 0 spiro atoms. The fourth-order valence-electron chi connectivity index (χ4n) is 3.58. The van der Waals surface area contributed by atoms with E-state index in [1.54, 1.807) is 23.5 Å². The van der Waals surface area contributed by atoms with E-state index in [0.717, 1.165) is 37.6 Å². The lowest BCUT2D eigenvalue weighted by molar-refractivity contribution is 0.388. The highest BCUT2D eigenvalue weighted by Gasteiger charge is 2.24. The van der Waals surface area contributed by atoms with E-state index in [4.69, 9.17) is 4.98 Å². The summed E-state index contributed by atoms with van der Waals surface area (Å²) in [4.78, 5) is 19.8. The molecule has 0 saturated carbocycles. The Bertz CT molecular complexity index is 1160. The molecule has 0 bridgehead atoms. The van der Waals surface area contributed by atoms with E-state index in [1.165, 1.54) is 10.6 Å². The summed E-state index contributed by atoms with van der Waals surface area (Å²) in [6.07, 6.45) is 1.26. The van der Waals surface area contributed by atoms with Gasteiger partial charge in [0.05, 0.1) is 27.0 Å². The second-order valence-electron chi connectivity index (χ2n) is 7.06. The first-order valence-electron chi connectivity index (χ1n) is 8.78. The number of fused-ring (bicyclic) bond motifs is 2. The summed E-state index contributed by atoms with van der Waals surface area (Å²) in [6.45, 7) is 6.27. The van der Waals surface area contributed by atoms with Crippen LogP contribution in [0.1, 0.15) is 11.1 Å². The number of sulfonamides is 1. The molecular formula is C19H21N3O3S2. The Labute approximate surface area is 162 Å². The molecule has 3 aliphatic rings. The summed E-state index contributed by atoms with van der Waals surface area (Å²) in [5.74, 6) is 0. The first kappa shape index (κ1) is 18.3. The molecule has 1 aliphatic carbocycles. The molecule has 27 heavy (non-hydrogen) atoms. The van der Waals surface area contributed by atoms with Gasteiger partial charge in [-0.3, -0.25) is 4.79 Å². The number of hydrogen-bond donors (Lipinski definition) is 0. The van der Waals surface area contributed by atoms with Gasteiger partial charge in [-0.1, -0.05) is 0 Å². The van der Waals surface area contributed by atoms with Crippen LogP contribution in [-0.4, -0.2) is 50.1 Å². The van der Waals surface area contributed by atoms with Crippen LogP contribution in [-0.2, 0) is 10.0 Å². The Morgan fingerprint density at radius 2 is 1.70 bits per heavy atom. The van der Waals surface area contributed by atoms with Gasteiger partial charge in [-0.2, -0.15) is 4.31 Å². The number of benzene rings is 2. The van der Waals surface area contributed by atoms with Crippen LogP contribution in [0.25, 0.3) is 20.8 Å². The van der Waals surface area contributed by atoms with Gasteiger partial charge in [0.2, 0.25) is 10.0 Å².